The third-order valence-corrected chi connectivity index (χ3v) is 8.72. The topological polar surface area (TPSA) is 75.6 Å². The first kappa shape index (κ1) is 25.2. The number of hydrogen-bond donors (Lipinski definition) is 2. The molecule has 0 saturated heterocycles. The van der Waals surface area contributed by atoms with Crippen molar-refractivity contribution in [3.8, 4) is 5.75 Å². The van der Waals surface area contributed by atoms with Gasteiger partial charge in [0.1, 0.15) is 12.4 Å². The van der Waals surface area contributed by atoms with Crippen LogP contribution >= 0.6 is 0 Å². The lowest BCUT2D eigenvalue weighted by Crippen LogP contribution is -2.34. The van der Waals surface area contributed by atoms with Crippen LogP contribution in [0.25, 0.3) is 10.8 Å². The number of carbonyl (C=O) groups excluding carboxylic acids is 1. The van der Waals surface area contributed by atoms with Gasteiger partial charge >= 0.3 is 5.97 Å². The van der Waals surface area contributed by atoms with Crippen molar-refractivity contribution in [2.75, 3.05) is 6.54 Å². The SMILES string of the molecule is O=C(O)CCNC(=O)c1ccc(C2(c3ccc(OCc4ccc5ccccc5c4)cc3)CC3CCC2C3)cc1. The molecule has 0 heterocycles. The molecule has 4 aromatic rings. The van der Waals surface area contributed by atoms with Crippen LogP contribution in [-0.2, 0) is 16.8 Å². The van der Waals surface area contributed by atoms with Crippen LogP contribution in [0.3, 0.4) is 0 Å². The maximum absolute atomic E-state index is 12.5. The second-order valence-electron chi connectivity index (χ2n) is 11.0. The standard InChI is InChI=1S/C34H33NO4/c36-32(37)17-18-35-33(38)26-8-11-28(12-9-26)34(21-23-6-10-30(34)20-23)29-13-15-31(16-14-29)39-22-24-5-7-25-3-1-2-4-27(25)19-24/h1-5,7-9,11-16,19,23,30H,6,10,17-18,20-22H2,(H,35,38)(H,36,37). The highest BCUT2D eigenvalue weighted by Crippen LogP contribution is 2.60. The Hall–Kier alpha value is -4.12. The average molecular weight is 520 g/mol. The van der Waals surface area contributed by atoms with Crippen molar-refractivity contribution >= 4 is 22.6 Å². The lowest BCUT2D eigenvalue weighted by molar-refractivity contribution is -0.136. The summed E-state index contributed by atoms with van der Waals surface area (Å²) in [6.07, 6.45) is 4.81. The molecule has 3 atom stereocenters. The number of ether oxygens (including phenoxy) is 1. The molecule has 0 spiro atoms. The number of carbonyl (C=O) groups is 2. The maximum Gasteiger partial charge on any atom is 0.305 e. The number of aliphatic carboxylic acids is 1. The van der Waals surface area contributed by atoms with Crippen LogP contribution in [0.15, 0.2) is 91.0 Å². The summed E-state index contributed by atoms with van der Waals surface area (Å²) in [5, 5.41) is 14.0. The van der Waals surface area contributed by atoms with Crippen LogP contribution < -0.4 is 10.1 Å². The van der Waals surface area contributed by atoms with Gasteiger partial charge in [-0.1, -0.05) is 67.1 Å². The lowest BCUT2D eigenvalue weighted by atomic mass is 9.64. The van der Waals surface area contributed by atoms with Crippen LogP contribution in [0.1, 0.15) is 59.2 Å². The summed E-state index contributed by atoms with van der Waals surface area (Å²) in [6.45, 7) is 0.648. The van der Waals surface area contributed by atoms with Crippen LogP contribution in [0, 0.1) is 11.8 Å². The normalized spacial score (nSPS) is 21.6. The van der Waals surface area contributed by atoms with Gasteiger partial charge in [0.25, 0.3) is 5.91 Å². The van der Waals surface area contributed by atoms with E-state index in [1.807, 2.05) is 12.1 Å². The summed E-state index contributed by atoms with van der Waals surface area (Å²) >= 11 is 0. The third kappa shape index (κ3) is 5.01. The maximum atomic E-state index is 12.5. The molecule has 5 heteroatoms. The van der Waals surface area contributed by atoms with Crippen LogP contribution in [-0.4, -0.2) is 23.5 Å². The zero-order valence-corrected chi connectivity index (χ0v) is 21.9. The summed E-state index contributed by atoms with van der Waals surface area (Å²) in [5.41, 5.74) is 4.21. The largest absolute Gasteiger partial charge is 0.489 e. The molecule has 2 aliphatic rings. The van der Waals surface area contributed by atoms with Gasteiger partial charge in [-0.05, 0) is 88.9 Å². The molecule has 3 unspecified atom stereocenters. The molecule has 0 aromatic heterocycles. The highest BCUT2D eigenvalue weighted by Gasteiger charge is 2.52. The Morgan fingerprint density at radius 1 is 0.872 bits per heavy atom. The molecule has 2 bridgehead atoms. The molecule has 198 valence electrons. The van der Waals surface area contributed by atoms with Crippen molar-refractivity contribution in [1.82, 2.24) is 5.32 Å². The Kier molecular flexibility index (Phi) is 6.82. The molecule has 4 aromatic carbocycles. The molecule has 5 nitrogen and oxygen atoms in total. The van der Waals surface area contributed by atoms with E-state index in [4.69, 9.17) is 9.84 Å². The summed E-state index contributed by atoms with van der Waals surface area (Å²) in [6, 6.07) is 31.4. The number of amides is 1. The van der Waals surface area contributed by atoms with Gasteiger partial charge in [-0.2, -0.15) is 0 Å². The first-order chi connectivity index (χ1) is 19.0. The van der Waals surface area contributed by atoms with Crippen LogP contribution in [0.4, 0.5) is 0 Å². The fourth-order valence-corrected chi connectivity index (χ4v) is 6.85. The summed E-state index contributed by atoms with van der Waals surface area (Å²) < 4.78 is 6.17. The molecule has 2 N–H and O–H groups in total. The second kappa shape index (κ2) is 10.6. The molecule has 1 amide bonds. The van der Waals surface area contributed by atoms with Gasteiger partial charge in [0, 0.05) is 17.5 Å². The number of fused-ring (bicyclic) bond motifs is 3. The predicted molar refractivity (Wildman–Crippen MR) is 152 cm³/mol. The molecule has 6 rings (SSSR count). The van der Waals surface area contributed by atoms with Crippen molar-refractivity contribution in [2.45, 2.75) is 44.1 Å². The zero-order chi connectivity index (χ0) is 26.8. The van der Waals surface area contributed by atoms with E-state index in [0.717, 1.165) is 23.7 Å². The van der Waals surface area contributed by atoms with E-state index in [1.54, 1.807) is 0 Å². The number of carboxylic acids is 1. The molecule has 39 heavy (non-hydrogen) atoms. The van der Waals surface area contributed by atoms with Crippen molar-refractivity contribution in [2.24, 2.45) is 11.8 Å². The van der Waals surface area contributed by atoms with Crippen molar-refractivity contribution in [3.63, 3.8) is 0 Å². The van der Waals surface area contributed by atoms with E-state index in [1.165, 1.54) is 41.2 Å². The summed E-state index contributed by atoms with van der Waals surface area (Å²) in [7, 11) is 0. The fraction of sp³-hybridized carbons (Fsp3) is 0.294. The third-order valence-electron chi connectivity index (χ3n) is 8.72. The molecule has 0 aliphatic heterocycles. The molecule has 2 fully saturated rings. The number of rotatable bonds is 9. The van der Waals surface area contributed by atoms with Gasteiger partial charge in [0.05, 0.1) is 6.42 Å². The van der Waals surface area contributed by atoms with Gasteiger partial charge in [-0.3, -0.25) is 9.59 Å². The lowest BCUT2D eigenvalue weighted by Gasteiger charge is -2.39. The Balaban J connectivity index is 1.19. The van der Waals surface area contributed by atoms with E-state index in [-0.39, 0.29) is 24.3 Å². The van der Waals surface area contributed by atoms with Gasteiger partial charge in [-0.25, -0.2) is 0 Å². The Labute approximate surface area is 228 Å². The average Bonchev–Trinajstić information content (AvgIpc) is 3.59. The highest BCUT2D eigenvalue weighted by molar-refractivity contribution is 5.94. The Morgan fingerprint density at radius 3 is 2.26 bits per heavy atom. The molecular formula is C34H33NO4. The number of hydrogen-bond acceptors (Lipinski definition) is 3. The highest BCUT2D eigenvalue weighted by atomic mass is 16.5. The van der Waals surface area contributed by atoms with E-state index < -0.39 is 5.97 Å². The predicted octanol–water partition coefficient (Wildman–Crippen LogP) is 6.73. The van der Waals surface area contributed by atoms with Gasteiger partial charge < -0.3 is 15.2 Å². The number of nitrogens with one attached hydrogen (secondary N) is 1. The first-order valence-corrected chi connectivity index (χ1v) is 13.8. The minimum absolute atomic E-state index is 0.0574. The van der Waals surface area contributed by atoms with Gasteiger partial charge in [0.2, 0.25) is 0 Å². The van der Waals surface area contributed by atoms with Crippen molar-refractivity contribution in [3.05, 3.63) is 113 Å². The fourth-order valence-electron chi connectivity index (χ4n) is 6.85. The van der Waals surface area contributed by atoms with E-state index in [2.05, 4.69) is 84.2 Å². The van der Waals surface area contributed by atoms with E-state index in [0.29, 0.717) is 18.1 Å². The van der Waals surface area contributed by atoms with Crippen molar-refractivity contribution in [1.29, 1.82) is 0 Å². The smallest absolute Gasteiger partial charge is 0.305 e. The molecule has 2 saturated carbocycles. The van der Waals surface area contributed by atoms with E-state index >= 15 is 0 Å². The van der Waals surface area contributed by atoms with Crippen LogP contribution in [0.5, 0.6) is 5.75 Å². The Bertz CT molecular complexity index is 1490. The minimum atomic E-state index is -0.922. The Morgan fingerprint density at radius 2 is 1.59 bits per heavy atom. The van der Waals surface area contributed by atoms with Gasteiger partial charge in [0.15, 0.2) is 0 Å². The zero-order valence-electron chi connectivity index (χ0n) is 21.9. The van der Waals surface area contributed by atoms with Gasteiger partial charge in [-0.15, -0.1) is 0 Å². The first-order valence-electron chi connectivity index (χ1n) is 13.8. The van der Waals surface area contributed by atoms with Crippen LogP contribution in [0.2, 0.25) is 0 Å². The number of carboxylic acid groups (broad SMARTS) is 1. The molecule has 0 radical (unpaired) electrons. The second-order valence-corrected chi connectivity index (χ2v) is 11.0. The molecular weight excluding hydrogens is 486 g/mol. The summed E-state index contributed by atoms with van der Waals surface area (Å²) in [5.74, 6) is 1.02. The summed E-state index contributed by atoms with van der Waals surface area (Å²) in [4.78, 5) is 23.2. The number of benzene rings is 4. The monoisotopic (exact) mass is 519 g/mol. The molecule has 2 aliphatic carbocycles. The van der Waals surface area contributed by atoms with Crippen molar-refractivity contribution < 1.29 is 19.4 Å². The van der Waals surface area contributed by atoms with E-state index in [9.17, 15) is 9.59 Å². The quantitative estimate of drug-likeness (QED) is 0.257. The minimum Gasteiger partial charge on any atom is -0.489 e.